The second-order valence-electron chi connectivity index (χ2n) is 2.38. The van der Waals surface area contributed by atoms with Gasteiger partial charge in [0, 0.05) is 0 Å². The van der Waals surface area contributed by atoms with Crippen molar-refractivity contribution in [3.8, 4) is 11.8 Å². The molecule has 3 nitrogen and oxygen atoms in total. The Morgan fingerprint density at radius 3 is 3.08 bits per heavy atom. The monoisotopic (exact) mass is 239 g/mol. The van der Waals surface area contributed by atoms with Gasteiger partial charge in [0.2, 0.25) is 0 Å². The van der Waals surface area contributed by atoms with Crippen molar-refractivity contribution < 1.29 is 0 Å². The SMILES string of the molecule is CC#CCNc1ncc(N)cc1Br. The Bertz CT molecular complexity index is 352. The van der Waals surface area contributed by atoms with Gasteiger partial charge in [-0.15, -0.1) is 5.92 Å². The summed E-state index contributed by atoms with van der Waals surface area (Å²) in [7, 11) is 0. The number of rotatable bonds is 2. The number of anilines is 2. The molecule has 1 aromatic rings. The number of halogens is 1. The van der Waals surface area contributed by atoms with Crippen molar-refractivity contribution in [2.24, 2.45) is 0 Å². The fourth-order valence-electron chi connectivity index (χ4n) is 0.799. The lowest BCUT2D eigenvalue weighted by atomic mass is 10.4. The van der Waals surface area contributed by atoms with Crippen LogP contribution in [0.5, 0.6) is 0 Å². The molecule has 1 heterocycles. The summed E-state index contributed by atoms with van der Waals surface area (Å²) < 4.78 is 0.852. The van der Waals surface area contributed by atoms with E-state index in [4.69, 9.17) is 5.73 Å². The van der Waals surface area contributed by atoms with E-state index < -0.39 is 0 Å². The quantitative estimate of drug-likeness (QED) is 0.776. The van der Waals surface area contributed by atoms with Crippen LogP contribution in [-0.2, 0) is 0 Å². The van der Waals surface area contributed by atoms with E-state index in [1.807, 2.05) is 0 Å². The van der Waals surface area contributed by atoms with Gasteiger partial charge in [-0.2, -0.15) is 0 Å². The fraction of sp³-hybridized carbons (Fsp3) is 0.222. The van der Waals surface area contributed by atoms with Crippen LogP contribution >= 0.6 is 15.9 Å². The van der Waals surface area contributed by atoms with E-state index in [1.165, 1.54) is 0 Å². The van der Waals surface area contributed by atoms with Crippen LogP contribution in [0.1, 0.15) is 6.92 Å². The second kappa shape index (κ2) is 4.73. The molecule has 0 aromatic carbocycles. The van der Waals surface area contributed by atoms with Crippen LogP contribution in [0.2, 0.25) is 0 Å². The Labute approximate surface area is 85.9 Å². The zero-order valence-corrected chi connectivity index (χ0v) is 8.85. The predicted molar refractivity (Wildman–Crippen MR) is 58.3 cm³/mol. The van der Waals surface area contributed by atoms with Crippen molar-refractivity contribution in [1.29, 1.82) is 0 Å². The standard InChI is InChI=1S/C9H10BrN3/c1-2-3-4-12-9-8(10)5-7(11)6-13-9/h5-6H,4,11H2,1H3,(H,12,13). The largest absolute Gasteiger partial charge is 0.397 e. The van der Waals surface area contributed by atoms with E-state index >= 15 is 0 Å². The number of hydrogen-bond acceptors (Lipinski definition) is 3. The molecule has 0 bridgehead atoms. The number of pyridine rings is 1. The van der Waals surface area contributed by atoms with E-state index in [1.54, 1.807) is 19.2 Å². The van der Waals surface area contributed by atoms with E-state index in [0.717, 1.165) is 10.3 Å². The van der Waals surface area contributed by atoms with E-state index in [2.05, 4.69) is 38.1 Å². The minimum atomic E-state index is 0.589. The third-order valence-electron chi connectivity index (χ3n) is 1.38. The summed E-state index contributed by atoms with van der Waals surface area (Å²) in [5.74, 6) is 6.43. The Hall–Kier alpha value is -1.21. The molecule has 0 atom stereocenters. The van der Waals surface area contributed by atoms with Gasteiger partial charge in [-0.3, -0.25) is 0 Å². The summed E-state index contributed by atoms with van der Waals surface area (Å²) in [6.45, 7) is 2.39. The smallest absolute Gasteiger partial charge is 0.141 e. The molecule has 0 fully saturated rings. The zero-order valence-electron chi connectivity index (χ0n) is 7.26. The number of hydrogen-bond donors (Lipinski definition) is 2. The molecular formula is C9H10BrN3. The van der Waals surface area contributed by atoms with Gasteiger partial charge in [-0.1, -0.05) is 5.92 Å². The minimum Gasteiger partial charge on any atom is -0.397 e. The lowest BCUT2D eigenvalue weighted by Gasteiger charge is -2.04. The van der Waals surface area contributed by atoms with Gasteiger partial charge >= 0.3 is 0 Å². The van der Waals surface area contributed by atoms with Crippen molar-refractivity contribution >= 4 is 27.4 Å². The van der Waals surface area contributed by atoms with Crippen LogP contribution < -0.4 is 11.1 Å². The molecule has 4 heteroatoms. The van der Waals surface area contributed by atoms with E-state index in [-0.39, 0.29) is 0 Å². The normalized spacial score (nSPS) is 8.77. The highest BCUT2D eigenvalue weighted by Gasteiger charge is 1.99. The van der Waals surface area contributed by atoms with E-state index in [9.17, 15) is 0 Å². The van der Waals surface area contributed by atoms with Crippen LogP contribution in [0.3, 0.4) is 0 Å². The molecule has 3 N–H and O–H groups in total. The summed E-state index contributed by atoms with van der Waals surface area (Å²) in [5, 5.41) is 3.05. The molecule has 0 aliphatic heterocycles. The number of nitrogens with zero attached hydrogens (tertiary/aromatic N) is 1. The van der Waals surface area contributed by atoms with Gasteiger partial charge in [0.1, 0.15) is 5.82 Å². The Kier molecular flexibility index (Phi) is 3.59. The van der Waals surface area contributed by atoms with Gasteiger partial charge < -0.3 is 11.1 Å². The maximum Gasteiger partial charge on any atom is 0.141 e. The highest BCUT2D eigenvalue weighted by molar-refractivity contribution is 9.10. The van der Waals surface area contributed by atoms with Gasteiger partial charge in [-0.05, 0) is 28.9 Å². The van der Waals surface area contributed by atoms with Crippen LogP contribution in [0.25, 0.3) is 0 Å². The topological polar surface area (TPSA) is 50.9 Å². The molecular weight excluding hydrogens is 230 g/mol. The molecule has 0 aliphatic rings. The highest BCUT2D eigenvalue weighted by Crippen LogP contribution is 2.21. The molecule has 13 heavy (non-hydrogen) atoms. The number of aromatic nitrogens is 1. The lowest BCUT2D eigenvalue weighted by Crippen LogP contribution is -2.02. The molecule has 0 amide bonds. The summed E-state index contributed by atoms with van der Waals surface area (Å²) in [4.78, 5) is 4.10. The van der Waals surface area contributed by atoms with Crippen molar-refractivity contribution in [2.45, 2.75) is 6.92 Å². The first kappa shape index (κ1) is 9.87. The molecule has 68 valence electrons. The maximum atomic E-state index is 5.53. The second-order valence-corrected chi connectivity index (χ2v) is 3.23. The average molecular weight is 240 g/mol. The Balaban J connectivity index is 2.70. The first-order chi connectivity index (χ1) is 6.24. The van der Waals surface area contributed by atoms with Gasteiger partial charge in [0.15, 0.2) is 0 Å². The van der Waals surface area contributed by atoms with Gasteiger partial charge in [-0.25, -0.2) is 4.98 Å². The number of nitrogen functional groups attached to an aromatic ring is 1. The predicted octanol–water partition coefficient (Wildman–Crippen LogP) is 1.86. The molecule has 1 rings (SSSR count). The van der Waals surface area contributed by atoms with Crippen LogP contribution in [0.15, 0.2) is 16.7 Å². The third kappa shape index (κ3) is 2.96. The zero-order chi connectivity index (χ0) is 9.68. The number of nitrogens with two attached hydrogens (primary N) is 1. The number of nitrogens with one attached hydrogen (secondary N) is 1. The fourth-order valence-corrected chi connectivity index (χ4v) is 1.31. The molecule has 0 saturated carbocycles. The third-order valence-corrected chi connectivity index (χ3v) is 1.99. The van der Waals surface area contributed by atoms with Crippen LogP contribution in [0, 0.1) is 11.8 Å². The highest BCUT2D eigenvalue weighted by atomic mass is 79.9. The molecule has 1 aromatic heterocycles. The molecule has 0 saturated heterocycles. The Morgan fingerprint density at radius 2 is 2.46 bits per heavy atom. The minimum absolute atomic E-state index is 0.589. The maximum absolute atomic E-state index is 5.53. The summed E-state index contributed by atoms with van der Waals surface area (Å²) in [5.41, 5.74) is 6.17. The summed E-state index contributed by atoms with van der Waals surface area (Å²) in [6, 6.07) is 1.80. The van der Waals surface area contributed by atoms with Crippen molar-refractivity contribution in [1.82, 2.24) is 4.98 Å². The van der Waals surface area contributed by atoms with E-state index in [0.29, 0.717) is 12.2 Å². The summed E-state index contributed by atoms with van der Waals surface area (Å²) in [6.07, 6.45) is 1.60. The first-order valence-corrected chi connectivity index (χ1v) is 4.58. The average Bonchev–Trinajstić information content (AvgIpc) is 2.09. The molecule has 0 aliphatic carbocycles. The van der Waals surface area contributed by atoms with Crippen LogP contribution in [-0.4, -0.2) is 11.5 Å². The van der Waals surface area contributed by atoms with Crippen LogP contribution in [0.4, 0.5) is 11.5 Å². The summed E-state index contributed by atoms with van der Waals surface area (Å²) >= 11 is 3.35. The van der Waals surface area contributed by atoms with Gasteiger partial charge in [0.25, 0.3) is 0 Å². The lowest BCUT2D eigenvalue weighted by molar-refractivity contribution is 1.23. The van der Waals surface area contributed by atoms with Crippen molar-refractivity contribution in [2.75, 3.05) is 17.6 Å². The first-order valence-electron chi connectivity index (χ1n) is 3.78. The molecule has 0 spiro atoms. The van der Waals surface area contributed by atoms with Gasteiger partial charge in [0.05, 0.1) is 22.9 Å². The van der Waals surface area contributed by atoms with Crippen molar-refractivity contribution in [3.05, 3.63) is 16.7 Å². The molecule has 0 unspecified atom stereocenters. The van der Waals surface area contributed by atoms with Crippen molar-refractivity contribution in [3.63, 3.8) is 0 Å². The molecule has 0 radical (unpaired) electrons. The Morgan fingerprint density at radius 1 is 1.69 bits per heavy atom.